The van der Waals surface area contributed by atoms with Gasteiger partial charge in [-0.15, -0.1) is 0 Å². The number of nitrogens with one attached hydrogen (secondary N) is 1. The monoisotopic (exact) mass is 354 g/mol. The summed E-state index contributed by atoms with van der Waals surface area (Å²) in [4.78, 5) is 10.5. The number of aliphatic hydroxyl groups is 1. The van der Waals surface area contributed by atoms with Crippen LogP contribution in [0, 0.1) is 10.1 Å². The Morgan fingerprint density at radius 1 is 1.17 bits per heavy atom. The summed E-state index contributed by atoms with van der Waals surface area (Å²) in [7, 11) is 1.74. The topological polar surface area (TPSA) is 75.4 Å². The van der Waals surface area contributed by atoms with Crippen LogP contribution in [-0.4, -0.2) is 23.7 Å². The zero-order chi connectivity index (χ0) is 17.0. The van der Waals surface area contributed by atoms with Crippen LogP contribution in [0.1, 0.15) is 23.1 Å². The molecule has 0 saturated heterocycles. The Kier molecular flexibility index (Phi) is 5.96. The van der Waals surface area contributed by atoms with Crippen molar-refractivity contribution in [1.29, 1.82) is 0 Å². The normalized spacial score (nSPS) is 13.6. The molecule has 2 N–H and O–H groups in total. The SMILES string of the molecule is CNC(c1cccc([N+](=O)[O-])c1)C(CO)c1ccc(Cl)c(Cl)c1. The quantitative estimate of drug-likeness (QED) is 0.608. The molecule has 0 spiro atoms. The largest absolute Gasteiger partial charge is 0.396 e. The van der Waals surface area contributed by atoms with E-state index >= 15 is 0 Å². The molecule has 2 aromatic carbocycles. The number of non-ortho nitro benzene ring substituents is 1. The van der Waals surface area contributed by atoms with Crippen LogP contribution in [0.4, 0.5) is 5.69 Å². The van der Waals surface area contributed by atoms with Gasteiger partial charge in [-0.3, -0.25) is 10.1 Å². The number of hydrogen-bond acceptors (Lipinski definition) is 4. The van der Waals surface area contributed by atoms with Gasteiger partial charge in [-0.05, 0) is 30.3 Å². The third-order valence-electron chi connectivity index (χ3n) is 3.72. The number of rotatable bonds is 6. The summed E-state index contributed by atoms with van der Waals surface area (Å²) < 4.78 is 0. The van der Waals surface area contributed by atoms with Gasteiger partial charge < -0.3 is 10.4 Å². The van der Waals surface area contributed by atoms with Crippen molar-refractivity contribution in [3.05, 3.63) is 73.8 Å². The number of benzene rings is 2. The molecule has 0 aliphatic rings. The van der Waals surface area contributed by atoms with Gasteiger partial charge in [0.25, 0.3) is 5.69 Å². The maximum atomic E-state index is 11.0. The summed E-state index contributed by atoms with van der Waals surface area (Å²) in [5.41, 5.74) is 1.52. The number of hydrogen-bond donors (Lipinski definition) is 2. The third-order valence-corrected chi connectivity index (χ3v) is 4.46. The van der Waals surface area contributed by atoms with Crippen LogP contribution in [0.5, 0.6) is 0 Å². The molecular formula is C16H16Cl2N2O3. The van der Waals surface area contributed by atoms with Crippen LogP contribution in [0.3, 0.4) is 0 Å². The van der Waals surface area contributed by atoms with Gasteiger partial charge in [0.1, 0.15) is 0 Å². The van der Waals surface area contributed by atoms with Crippen molar-refractivity contribution < 1.29 is 10.0 Å². The summed E-state index contributed by atoms with van der Waals surface area (Å²) in [6.45, 7) is -0.147. The molecule has 7 heteroatoms. The third kappa shape index (κ3) is 4.00. The van der Waals surface area contributed by atoms with E-state index in [1.807, 2.05) is 0 Å². The number of aliphatic hydroxyl groups excluding tert-OH is 1. The van der Waals surface area contributed by atoms with Crippen molar-refractivity contribution in [3.63, 3.8) is 0 Å². The molecule has 5 nitrogen and oxygen atoms in total. The lowest BCUT2D eigenvalue weighted by Gasteiger charge is -2.26. The van der Waals surface area contributed by atoms with Gasteiger partial charge in [-0.1, -0.05) is 41.4 Å². The lowest BCUT2D eigenvalue weighted by Crippen LogP contribution is -2.26. The minimum absolute atomic E-state index is 0.00794. The maximum absolute atomic E-state index is 11.0. The highest BCUT2D eigenvalue weighted by Gasteiger charge is 2.24. The molecule has 0 aliphatic heterocycles. The highest BCUT2D eigenvalue weighted by atomic mass is 35.5. The molecule has 2 unspecified atom stereocenters. The fourth-order valence-corrected chi connectivity index (χ4v) is 2.88. The molecule has 0 bridgehead atoms. The fraction of sp³-hybridized carbons (Fsp3) is 0.250. The number of halogens is 2. The Morgan fingerprint density at radius 3 is 2.48 bits per heavy atom. The molecule has 2 aromatic rings. The van der Waals surface area contributed by atoms with Gasteiger partial charge in [0.15, 0.2) is 0 Å². The molecule has 2 atom stereocenters. The van der Waals surface area contributed by atoms with Crippen molar-refractivity contribution in [2.75, 3.05) is 13.7 Å². The van der Waals surface area contributed by atoms with E-state index in [9.17, 15) is 15.2 Å². The van der Waals surface area contributed by atoms with Crippen LogP contribution in [0.25, 0.3) is 0 Å². The number of nitro groups is 1. The van der Waals surface area contributed by atoms with Crippen LogP contribution < -0.4 is 5.32 Å². The molecule has 23 heavy (non-hydrogen) atoms. The molecule has 0 radical (unpaired) electrons. The Morgan fingerprint density at radius 2 is 1.91 bits per heavy atom. The summed E-state index contributed by atoms with van der Waals surface area (Å²) in [6.07, 6.45) is 0. The van der Waals surface area contributed by atoms with E-state index in [-0.39, 0.29) is 24.3 Å². The number of likely N-dealkylation sites (N-methyl/N-ethyl adjacent to an activating group) is 1. The second kappa shape index (κ2) is 7.75. The van der Waals surface area contributed by atoms with Crippen LogP contribution >= 0.6 is 23.2 Å². The first-order valence-electron chi connectivity index (χ1n) is 6.95. The summed E-state index contributed by atoms with van der Waals surface area (Å²) in [5, 5.41) is 24.7. The van der Waals surface area contributed by atoms with Crippen LogP contribution in [0.15, 0.2) is 42.5 Å². The van der Waals surface area contributed by atoms with Crippen LogP contribution in [0.2, 0.25) is 10.0 Å². The molecule has 2 rings (SSSR count). The summed E-state index contributed by atoms with van der Waals surface area (Å²) in [6, 6.07) is 11.2. The van der Waals surface area contributed by atoms with Crippen LogP contribution in [-0.2, 0) is 0 Å². The molecule has 0 saturated carbocycles. The van der Waals surface area contributed by atoms with E-state index in [0.717, 1.165) is 5.56 Å². The minimum atomic E-state index is -0.441. The second-order valence-corrected chi connectivity index (χ2v) is 5.90. The molecule has 0 aliphatic carbocycles. The van der Waals surface area contributed by atoms with Gasteiger partial charge in [0.2, 0.25) is 0 Å². The van der Waals surface area contributed by atoms with E-state index in [1.54, 1.807) is 37.4 Å². The Balaban J connectivity index is 2.42. The van der Waals surface area contributed by atoms with E-state index in [0.29, 0.717) is 15.6 Å². The molecular weight excluding hydrogens is 339 g/mol. The Labute approximate surface area is 144 Å². The number of nitro benzene ring substituents is 1. The summed E-state index contributed by atoms with van der Waals surface area (Å²) >= 11 is 12.0. The fourth-order valence-electron chi connectivity index (χ4n) is 2.58. The van der Waals surface area contributed by atoms with E-state index in [1.165, 1.54) is 12.1 Å². The van der Waals surface area contributed by atoms with Gasteiger partial charge in [-0.25, -0.2) is 0 Å². The van der Waals surface area contributed by atoms with E-state index < -0.39 is 4.92 Å². The van der Waals surface area contributed by atoms with E-state index in [4.69, 9.17) is 23.2 Å². The lowest BCUT2D eigenvalue weighted by molar-refractivity contribution is -0.384. The van der Waals surface area contributed by atoms with Gasteiger partial charge in [0.05, 0.1) is 21.6 Å². The van der Waals surface area contributed by atoms with Gasteiger partial charge in [0, 0.05) is 24.1 Å². The number of nitrogens with zero attached hydrogens (tertiary/aromatic N) is 1. The van der Waals surface area contributed by atoms with Gasteiger partial charge in [-0.2, -0.15) is 0 Å². The standard InChI is InChI=1S/C16H16Cl2N2O3/c1-19-16(11-3-2-4-12(7-11)20(22)23)13(9-21)10-5-6-14(17)15(18)8-10/h2-8,13,16,19,21H,9H2,1H3. The van der Waals surface area contributed by atoms with Crippen molar-refractivity contribution in [2.24, 2.45) is 0 Å². The van der Waals surface area contributed by atoms with Crippen molar-refractivity contribution in [1.82, 2.24) is 5.32 Å². The van der Waals surface area contributed by atoms with Crippen molar-refractivity contribution in [3.8, 4) is 0 Å². The smallest absolute Gasteiger partial charge is 0.269 e. The van der Waals surface area contributed by atoms with Gasteiger partial charge >= 0.3 is 0 Å². The van der Waals surface area contributed by atoms with E-state index in [2.05, 4.69) is 5.32 Å². The average molecular weight is 355 g/mol. The Hall–Kier alpha value is -1.66. The predicted molar refractivity (Wildman–Crippen MR) is 91.2 cm³/mol. The predicted octanol–water partition coefficient (Wildman–Crippen LogP) is 3.94. The second-order valence-electron chi connectivity index (χ2n) is 5.08. The highest BCUT2D eigenvalue weighted by molar-refractivity contribution is 6.42. The lowest BCUT2D eigenvalue weighted by atomic mass is 9.87. The maximum Gasteiger partial charge on any atom is 0.269 e. The first kappa shape index (κ1) is 17.7. The highest BCUT2D eigenvalue weighted by Crippen LogP contribution is 2.34. The molecule has 0 fully saturated rings. The molecule has 122 valence electrons. The van der Waals surface area contributed by atoms with Crippen molar-refractivity contribution >= 4 is 28.9 Å². The molecule has 0 amide bonds. The van der Waals surface area contributed by atoms with Crippen molar-refractivity contribution in [2.45, 2.75) is 12.0 Å². The molecule has 0 aromatic heterocycles. The zero-order valence-corrected chi connectivity index (χ0v) is 13.9. The first-order valence-corrected chi connectivity index (χ1v) is 7.71. The Bertz CT molecular complexity index is 709. The summed E-state index contributed by atoms with van der Waals surface area (Å²) in [5.74, 6) is -0.322. The average Bonchev–Trinajstić information content (AvgIpc) is 2.55. The molecule has 0 heterocycles. The zero-order valence-electron chi connectivity index (χ0n) is 12.4. The minimum Gasteiger partial charge on any atom is -0.396 e. The first-order chi connectivity index (χ1) is 11.0.